The first-order valence-electron chi connectivity index (χ1n) is 11.6. The van der Waals surface area contributed by atoms with Crippen molar-refractivity contribution in [2.24, 2.45) is 0 Å². The van der Waals surface area contributed by atoms with Crippen LogP contribution in [0.1, 0.15) is 29.2 Å². The van der Waals surface area contributed by atoms with Gasteiger partial charge < -0.3 is 10.2 Å². The summed E-state index contributed by atoms with van der Waals surface area (Å²) in [7, 11) is -3.91. The number of aryl methyl sites for hydroxylation is 1. The van der Waals surface area contributed by atoms with Gasteiger partial charge in [-0.15, -0.1) is 0 Å². The van der Waals surface area contributed by atoms with Gasteiger partial charge in [-0.1, -0.05) is 42.0 Å². The molecule has 3 aromatic rings. The van der Waals surface area contributed by atoms with Crippen molar-refractivity contribution in [1.29, 1.82) is 0 Å². The zero-order valence-corrected chi connectivity index (χ0v) is 20.5. The molecule has 0 aliphatic carbocycles. The van der Waals surface area contributed by atoms with E-state index < -0.39 is 16.1 Å². The molecule has 1 N–H and O–H groups in total. The number of nitrogens with zero attached hydrogens (tertiary/aromatic N) is 2. The maximum absolute atomic E-state index is 13.6. The number of carbonyl (C=O) groups excluding carboxylic acids is 2. The van der Waals surface area contributed by atoms with E-state index in [1.165, 1.54) is 11.2 Å². The predicted molar refractivity (Wildman–Crippen MR) is 135 cm³/mol. The fourth-order valence-corrected chi connectivity index (χ4v) is 6.42. The Hall–Kier alpha value is -3.49. The topological polar surface area (TPSA) is 86.8 Å². The summed E-state index contributed by atoms with van der Waals surface area (Å²) < 4.78 is 28.6. The van der Waals surface area contributed by atoms with Crippen LogP contribution in [0.2, 0.25) is 0 Å². The Morgan fingerprint density at radius 3 is 2.37 bits per heavy atom. The third-order valence-electron chi connectivity index (χ3n) is 6.76. The van der Waals surface area contributed by atoms with Crippen LogP contribution in [0, 0.1) is 6.92 Å². The van der Waals surface area contributed by atoms with Crippen molar-refractivity contribution in [2.45, 2.75) is 44.2 Å². The van der Waals surface area contributed by atoms with Gasteiger partial charge in [0.05, 0.1) is 4.90 Å². The number of nitrogens with one attached hydrogen (secondary N) is 1. The largest absolute Gasteiger partial charge is 0.325 e. The molecule has 7 nitrogen and oxygen atoms in total. The standard InChI is InChI=1S/C27H27N3O4S/c1-18-7-10-24(11-8-18)35(33,34)30-17-22-6-4-3-5-20(22)16-26(30)27(32)28-23-9-12-25-21(15-23)13-14-29(25)19(2)31/h3-12,15,26H,13-14,16-17H2,1-2H3,(H,28,32). The van der Waals surface area contributed by atoms with E-state index in [0.29, 0.717) is 18.7 Å². The van der Waals surface area contributed by atoms with E-state index in [9.17, 15) is 18.0 Å². The molecule has 3 aromatic carbocycles. The van der Waals surface area contributed by atoms with Gasteiger partial charge >= 0.3 is 0 Å². The minimum atomic E-state index is -3.91. The molecule has 35 heavy (non-hydrogen) atoms. The summed E-state index contributed by atoms with van der Waals surface area (Å²) >= 11 is 0. The molecule has 180 valence electrons. The highest BCUT2D eigenvalue weighted by Crippen LogP contribution is 2.32. The second-order valence-electron chi connectivity index (χ2n) is 9.11. The van der Waals surface area contributed by atoms with Gasteiger partial charge in [0.25, 0.3) is 0 Å². The van der Waals surface area contributed by atoms with Gasteiger partial charge in [0, 0.05) is 31.4 Å². The number of hydrogen-bond acceptors (Lipinski definition) is 4. The lowest BCUT2D eigenvalue weighted by Crippen LogP contribution is -2.50. The molecule has 0 aromatic heterocycles. The summed E-state index contributed by atoms with van der Waals surface area (Å²) in [5.74, 6) is -0.394. The van der Waals surface area contributed by atoms with E-state index >= 15 is 0 Å². The average molecular weight is 490 g/mol. The summed E-state index contributed by atoms with van der Waals surface area (Å²) in [4.78, 5) is 27.2. The molecule has 0 saturated carbocycles. The van der Waals surface area contributed by atoms with Crippen molar-refractivity contribution in [3.63, 3.8) is 0 Å². The Morgan fingerprint density at radius 2 is 1.66 bits per heavy atom. The zero-order valence-electron chi connectivity index (χ0n) is 19.7. The molecule has 2 heterocycles. The highest BCUT2D eigenvalue weighted by Gasteiger charge is 2.39. The fraction of sp³-hybridized carbons (Fsp3) is 0.259. The predicted octanol–water partition coefficient (Wildman–Crippen LogP) is 3.66. The summed E-state index contributed by atoms with van der Waals surface area (Å²) in [6, 6.07) is 18.9. The zero-order chi connectivity index (χ0) is 24.7. The lowest BCUT2D eigenvalue weighted by molar-refractivity contribution is -0.120. The van der Waals surface area contributed by atoms with Gasteiger partial charge in [0.1, 0.15) is 6.04 Å². The Morgan fingerprint density at radius 1 is 0.943 bits per heavy atom. The fourth-order valence-electron chi connectivity index (χ4n) is 4.85. The molecule has 1 atom stereocenters. The summed E-state index contributed by atoms with van der Waals surface area (Å²) in [5.41, 5.74) is 5.25. The number of sulfonamides is 1. The summed E-state index contributed by atoms with van der Waals surface area (Å²) in [6.45, 7) is 4.18. The Bertz CT molecular complexity index is 1420. The molecule has 0 bridgehead atoms. The van der Waals surface area contributed by atoms with E-state index in [1.54, 1.807) is 35.2 Å². The third-order valence-corrected chi connectivity index (χ3v) is 8.63. The van der Waals surface area contributed by atoms with E-state index in [2.05, 4.69) is 5.32 Å². The highest BCUT2D eigenvalue weighted by molar-refractivity contribution is 7.89. The van der Waals surface area contributed by atoms with Crippen LogP contribution >= 0.6 is 0 Å². The number of carbonyl (C=O) groups is 2. The summed E-state index contributed by atoms with van der Waals surface area (Å²) in [5, 5.41) is 2.93. The van der Waals surface area contributed by atoms with Gasteiger partial charge in [0.2, 0.25) is 21.8 Å². The van der Waals surface area contributed by atoms with Gasteiger partial charge in [-0.25, -0.2) is 8.42 Å². The lowest BCUT2D eigenvalue weighted by Gasteiger charge is -2.35. The number of amides is 2. The first kappa shape index (κ1) is 23.3. The molecule has 5 rings (SSSR count). The Labute approximate surface area is 205 Å². The molecule has 0 radical (unpaired) electrons. The first-order chi connectivity index (χ1) is 16.7. The number of benzene rings is 3. The molecule has 8 heteroatoms. The van der Waals surface area contributed by atoms with E-state index in [0.717, 1.165) is 27.9 Å². The van der Waals surface area contributed by atoms with Gasteiger partial charge in [0.15, 0.2) is 0 Å². The molecule has 2 aliphatic heterocycles. The molecule has 0 saturated heterocycles. The maximum Gasteiger partial charge on any atom is 0.244 e. The van der Waals surface area contributed by atoms with E-state index in [4.69, 9.17) is 0 Å². The van der Waals surface area contributed by atoms with Crippen molar-refractivity contribution in [2.75, 3.05) is 16.8 Å². The quantitative estimate of drug-likeness (QED) is 0.606. The molecule has 2 aliphatic rings. The molecular formula is C27H27N3O4S. The minimum absolute atomic E-state index is 0.0154. The maximum atomic E-state index is 13.6. The van der Waals surface area contributed by atoms with Crippen LogP contribution in [0.3, 0.4) is 0 Å². The van der Waals surface area contributed by atoms with Crippen LogP contribution in [-0.2, 0) is 39.0 Å². The second-order valence-corrected chi connectivity index (χ2v) is 11.0. The molecular weight excluding hydrogens is 462 g/mol. The number of rotatable bonds is 4. The van der Waals surface area contributed by atoms with E-state index in [1.807, 2.05) is 43.3 Å². The number of fused-ring (bicyclic) bond motifs is 2. The van der Waals surface area contributed by atoms with Crippen molar-refractivity contribution in [1.82, 2.24) is 4.31 Å². The molecule has 0 spiro atoms. The van der Waals surface area contributed by atoms with Crippen molar-refractivity contribution in [3.8, 4) is 0 Å². The van der Waals surface area contributed by atoms with Crippen LogP contribution < -0.4 is 10.2 Å². The van der Waals surface area contributed by atoms with Gasteiger partial charge in [-0.3, -0.25) is 9.59 Å². The second kappa shape index (κ2) is 8.94. The van der Waals surface area contributed by atoms with Crippen LogP contribution in [0.5, 0.6) is 0 Å². The monoisotopic (exact) mass is 489 g/mol. The van der Waals surface area contributed by atoms with Crippen LogP contribution in [0.15, 0.2) is 71.6 Å². The minimum Gasteiger partial charge on any atom is -0.325 e. The van der Waals surface area contributed by atoms with Crippen molar-refractivity contribution >= 4 is 33.2 Å². The Balaban J connectivity index is 1.46. The van der Waals surface area contributed by atoms with Crippen molar-refractivity contribution in [3.05, 3.63) is 89.0 Å². The number of hydrogen-bond donors (Lipinski definition) is 1. The van der Waals surface area contributed by atoms with Gasteiger partial charge in [-0.2, -0.15) is 4.31 Å². The normalized spacial score (nSPS) is 17.5. The molecule has 2 amide bonds. The first-order valence-corrected chi connectivity index (χ1v) is 13.1. The lowest BCUT2D eigenvalue weighted by atomic mass is 9.95. The summed E-state index contributed by atoms with van der Waals surface area (Å²) in [6.07, 6.45) is 1.000. The van der Waals surface area contributed by atoms with Gasteiger partial charge in [-0.05, 0) is 66.8 Å². The van der Waals surface area contributed by atoms with Crippen molar-refractivity contribution < 1.29 is 18.0 Å². The third kappa shape index (κ3) is 4.35. The molecule has 1 unspecified atom stereocenters. The average Bonchev–Trinajstić information content (AvgIpc) is 3.27. The van der Waals surface area contributed by atoms with Crippen LogP contribution in [0.4, 0.5) is 11.4 Å². The van der Waals surface area contributed by atoms with Crippen LogP contribution in [0.25, 0.3) is 0 Å². The molecule has 0 fully saturated rings. The SMILES string of the molecule is CC(=O)N1CCc2cc(NC(=O)C3Cc4ccccc4CN3S(=O)(=O)c3ccc(C)cc3)ccc21. The smallest absolute Gasteiger partial charge is 0.244 e. The van der Waals surface area contributed by atoms with Crippen LogP contribution in [-0.4, -0.2) is 37.1 Å². The number of anilines is 2. The highest BCUT2D eigenvalue weighted by atomic mass is 32.2. The Kier molecular flexibility index (Phi) is 5.94. The van der Waals surface area contributed by atoms with E-state index in [-0.39, 0.29) is 29.7 Å².